The van der Waals surface area contributed by atoms with Crippen molar-refractivity contribution in [3.8, 4) is 0 Å². The van der Waals surface area contributed by atoms with E-state index in [0.717, 1.165) is 30.1 Å². The van der Waals surface area contributed by atoms with Crippen molar-refractivity contribution >= 4 is 5.71 Å². The minimum atomic E-state index is -0.00546. The van der Waals surface area contributed by atoms with Crippen LogP contribution in [0, 0.1) is 5.92 Å². The molecule has 3 atom stereocenters. The molecule has 0 aromatic carbocycles. The molecule has 0 amide bonds. The third-order valence-electron chi connectivity index (χ3n) is 4.09. The Hall–Kier alpha value is -2.01. The molecule has 1 aliphatic heterocycles. The Kier molecular flexibility index (Phi) is 4.10. The van der Waals surface area contributed by atoms with Gasteiger partial charge >= 0.3 is 0 Å². The summed E-state index contributed by atoms with van der Waals surface area (Å²) in [6, 6.07) is 7.63. The van der Waals surface area contributed by atoms with Crippen molar-refractivity contribution in [2.45, 2.75) is 38.3 Å². The molecule has 1 aliphatic rings. The standard InChI is InChI=1S/C16H20N2O3/c1-2-5-11-12(18-19)10-13(14-6-3-8-20-14)17-16(11)15-7-4-9-21-15/h3-4,6-9,11,13,16-17,19H,2,5,10H2,1H3/b18-12-/t11-,13+,16-/m0/s1. The van der Waals surface area contributed by atoms with Gasteiger partial charge in [0.2, 0.25) is 0 Å². The van der Waals surface area contributed by atoms with Gasteiger partial charge in [-0.05, 0) is 30.7 Å². The average molecular weight is 288 g/mol. The van der Waals surface area contributed by atoms with E-state index in [1.807, 2.05) is 24.3 Å². The Morgan fingerprint density at radius 2 is 1.95 bits per heavy atom. The van der Waals surface area contributed by atoms with Crippen LogP contribution in [-0.4, -0.2) is 10.9 Å². The summed E-state index contributed by atoms with van der Waals surface area (Å²) in [6.07, 6.45) is 5.95. The van der Waals surface area contributed by atoms with Crippen LogP contribution in [0.1, 0.15) is 49.8 Å². The maximum absolute atomic E-state index is 9.42. The minimum absolute atomic E-state index is 0.00491. The molecule has 0 aliphatic carbocycles. The van der Waals surface area contributed by atoms with E-state index in [2.05, 4.69) is 17.4 Å². The molecule has 5 nitrogen and oxygen atoms in total. The Morgan fingerprint density at radius 1 is 1.24 bits per heavy atom. The maximum Gasteiger partial charge on any atom is 0.121 e. The number of hydrogen-bond donors (Lipinski definition) is 2. The van der Waals surface area contributed by atoms with E-state index in [9.17, 15) is 5.21 Å². The zero-order chi connectivity index (χ0) is 14.7. The molecule has 2 aromatic heterocycles. The highest BCUT2D eigenvalue weighted by Gasteiger charge is 2.38. The molecule has 1 fully saturated rings. The van der Waals surface area contributed by atoms with Crippen molar-refractivity contribution in [2.75, 3.05) is 0 Å². The van der Waals surface area contributed by atoms with E-state index in [1.54, 1.807) is 12.5 Å². The molecule has 2 aromatic rings. The lowest BCUT2D eigenvalue weighted by molar-refractivity contribution is 0.253. The first-order chi connectivity index (χ1) is 10.3. The predicted molar refractivity (Wildman–Crippen MR) is 78.3 cm³/mol. The highest BCUT2D eigenvalue weighted by molar-refractivity contribution is 5.88. The van der Waals surface area contributed by atoms with Gasteiger partial charge in [0, 0.05) is 12.3 Å². The van der Waals surface area contributed by atoms with Crippen LogP contribution in [0.15, 0.2) is 50.8 Å². The highest BCUT2D eigenvalue weighted by atomic mass is 16.4. The molecule has 2 N–H and O–H groups in total. The number of nitrogens with one attached hydrogen (secondary N) is 1. The van der Waals surface area contributed by atoms with Crippen LogP contribution in [0.25, 0.3) is 0 Å². The number of rotatable bonds is 4. The van der Waals surface area contributed by atoms with Crippen molar-refractivity contribution in [3.63, 3.8) is 0 Å². The van der Waals surface area contributed by atoms with Gasteiger partial charge in [0.05, 0.1) is 30.3 Å². The Morgan fingerprint density at radius 3 is 2.52 bits per heavy atom. The zero-order valence-corrected chi connectivity index (χ0v) is 12.0. The van der Waals surface area contributed by atoms with Gasteiger partial charge < -0.3 is 14.0 Å². The molecule has 1 saturated heterocycles. The zero-order valence-electron chi connectivity index (χ0n) is 12.0. The van der Waals surface area contributed by atoms with E-state index in [-0.39, 0.29) is 18.0 Å². The van der Waals surface area contributed by atoms with E-state index < -0.39 is 0 Å². The quantitative estimate of drug-likeness (QED) is 0.661. The molecule has 0 spiro atoms. The van der Waals surface area contributed by atoms with Crippen molar-refractivity contribution in [2.24, 2.45) is 11.1 Å². The normalized spacial score (nSPS) is 28.0. The molecule has 3 heterocycles. The monoisotopic (exact) mass is 288 g/mol. The molecule has 112 valence electrons. The van der Waals surface area contributed by atoms with Crippen molar-refractivity contribution in [1.29, 1.82) is 0 Å². The average Bonchev–Trinajstić information content (AvgIpc) is 3.21. The fourth-order valence-corrected chi connectivity index (χ4v) is 3.12. The molecule has 3 rings (SSSR count). The summed E-state index contributed by atoms with van der Waals surface area (Å²) in [5.41, 5.74) is 0.804. The first-order valence-corrected chi connectivity index (χ1v) is 7.37. The largest absolute Gasteiger partial charge is 0.468 e. The SMILES string of the molecule is CCC[C@H]1/C(=N\O)C[C@H](c2ccco2)N[C@@H]1c1ccco1. The van der Waals surface area contributed by atoms with Crippen molar-refractivity contribution in [1.82, 2.24) is 5.32 Å². The van der Waals surface area contributed by atoms with Crippen LogP contribution in [0.4, 0.5) is 0 Å². The third kappa shape index (κ3) is 2.74. The van der Waals surface area contributed by atoms with Crippen LogP contribution >= 0.6 is 0 Å². The Labute approximate surface area is 123 Å². The van der Waals surface area contributed by atoms with Crippen LogP contribution in [-0.2, 0) is 0 Å². The molecule has 0 radical (unpaired) electrons. The molecule has 0 unspecified atom stereocenters. The fourth-order valence-electron chi connectivity index (χ4n) is 3.12. The molecule has 0 saturated carbocycles. The van der Waals surface area contributed by atoms with Gasteiger partial charge in [-0.15, -0.1) is 0 Å². The lowest BCUT2D eigenvalue weighted by Gasteiger charge is -2.36. The fraction of sp³-hybridized carbons (Fsp3) is 0.438. The Balaban J connectivity index is 1.92. The van der Waals surface area contributed by atoms with Crippen LogP contribution in [0.3, 0.4) is 0 Å². The molecule has 21 heavy (non-hydrogen) atoms. The first kappa shape index (κ1) is 13.9. The van der Waals surface area contributed by atoms with Gasteiger partial charge in [-0.3, -0.25) is 5.32 Å². The van der Waals surface area contributed by atoms with Gasteiger partial charge in [0.15, 0.2) is 0 Å². The highest BCUT2D eigenvalue weighted by Crippen LogP contribution is 2.38. The second kappa shape index (κ2) is 6.18. The molecular formula is C16H20N2O3. The maximum atomic E-state index is 9.42. The summed E-state index contributed by atoms with van der Waals surface area (Å²) in [5.74, 6) is 1.85. The van der Waals surface area contributed by atoms with E-state index in [4.69, 9.17) is 8.83 Å². The summed E-state index contributed by atoms with van der Waals surface area (Å²) in [6.45, 7) is 2.13. The van der Waals surface area contributed by atoms with Crippen molar-refractivity contribution < 1.29 is 14.0 Å². The number of furan rings is 2. The summed E-state index contributed by atoms with van der Waals surface area (Å²) >= 11 is 0. The predicted octanol–water partition coefficient (Wildman–Crippen LogP) is 3.89. The second-order valence-electron chi connectivity index (χ2n) is 5.42. The third-order valence-corrected chi connectivity index (χ3v) is 4.09. The van der Waals surface area contributed by atoms with Gasteiger partial charge in [0.25, 0.3) is 0 Å². The van der Waals surface area contributed by atoms with Gasteiger partial charge in [-0.25, -0.2) is 0 Å². The summed E-state index contributed by atoms with van der Waals surface area (Å²) in [4.78, 5) is 0. The van der Waals surface area contributed by atoms with Crippen LogP contribution < -0.4 is 5.32 Å². The van der Waals surface area contributed by atoms with Gasteiger partial charge in [-0.1, -0.05) is 18.5 Å². The lowest BCUT2D eigenvalue weighted by Crippen LogP contribution is -2.42. The number of hydrogen-bond acceptors (Lipinski definition) is 5. The van der Waals surface area contributed by atoms with Crippen LogP contribution in [0.5, 0.6) is 0 Å². The first-order valence-electron chi connectivity index (χ1n) is 7.37. The summed E-state index contributed by atoms with van der Waals surface area (Å²) < 4.78 is 11.1. The summed E-state index contributed by atoms with van der Waals surface area (Å²) in [5, 5.41) is 16.6. The Bertz CT molecular complexity index is 575. The molecule has 5 heteroatoms. The van der Waals surface area contributed by atoms with E-state index in [0.29, 0.717) is 6.42 Å². The number of oxime groups is 1. The van der Waals surface area contributed by atoms with Crippen LogP contribution in [0.2, 0.25) is 0 Å². The molecular weight excluding hydrogens is 268 g/mol. The minimum Gasteiger partial charge on any atom is -0.468 e. The second-order valence-corrected chi connectivity index (χ2v) is 5.42. The summed E-state index contributed by atoms with van der Waals surface area (Å²) in [7, 11) is 0. The van der Waals surface area contributed by atoms with Crippen molar-refractivity contribution in [3.05, 3.63) is 48.3 Å². The lowest BCUT2D eigenvalue weighted by atomic mass is 9.81. The molecule has 0 bridgehead atoms. The number of nitrogens with zero attached hydrogens (tertiary/aromatic N) is 1. The van der Waals surface area contributed by atoms with Gasteiger partial charge in [0.1, 0.15) is 11.5 Å². The van der Waals surface area contributed by atoms with Gasteiger partial charge in [-0.2, -0.15) is 0 Å². The van der Waals surface area contributed by atoms with E-state index >= 15 is 0 Å². The smallest absolute Gasteiger partial charge is 0.121 e. The topological polar surface area (TPSA) is 70.9 Å². The number of piperidine rings is 1. The van der Waals surface area contributed by atoms with E-state index in [1.165, 1.54) is 0 Å².